The SMILES string of the molecule is O=C(c1cscn1)N1C[C@@H]2CN(c3ncc(F)cn3)C[C@@H]2C1. The van der Waals surface area contributed by atoms with E-state index in [-0.39, 0.29) is 5.91 Å². The first-order valence-electron chi connectivity index (χ1n) is 7.10. The summed E-state index contributed by atoms with van der Waals surface area (Å²) in [6.07, 6.45) is 2.38. The maximum absolute atomic E-state index is 12.9. The molecule has 2 saturated heterocycles. The van der Waals surface area contributed by atoms with Crippen molar-refractivity contribution in [1.29, 1.82) is 0 Å². The van der Waals surface area contributed by atoms with Gasteiger partial charge in [0.15, 0.2) is 5.82 Å². The molecule has 114 valence electrons. The van der Waals surface area contributed by atoms with Crippen molar-refractivity contribution in [1.82, 2.24) is 19.9 Å². The average Bonchev–Trinajstić information content (AvgIpc) is 3.23. The summed E-state index contributed by atoms with van der Waals surface area (Å²) in [6.45, 7) is 3.08. The molecule has 0 bridgehead atoms. The molecule has 2 fully saturated rings. The van der Waals surface area contributed by atoms with Crippen LogP contribution in [-0.2, 0) is 0 Å². The van der Waals surface area contributed by atoms with Crippen LogP contribution in [0.25, 0.3) is 0 Å². The van der Waals surface area contributed by atoms with E-state index in [1.807, 2.05) is 4.90 Å². The van der Waals surface area contributed by atoms with Crippen molar-refractivity contribution < 1.29 is 9.18 Å². The van der Waals surface area contributed by atoms with Gasteiger partial charge in [-0.25, -0.2) is 19.3 Å². The van der Waals surface area contributed by atoms with Crippen LogP contribution < -0.4 is 4.90 Å². The molecule has 1 amide bonds. The van der Waals surface area contributed by atoms with Gasteiger partial charge >= 0.3 is 0 Å². The van der Waals surface area contributed by atoms with Crippen LogP contribution in [-0.4, -0.2) is 51.9 Å². The Balaban J connectivity index is 1.42. The molecule has 2 aromatic heterocycles. The summed E-state index contributed by atoms with van der Waals surface area (Å²) in [5, 5.41) is 1.79. The zero-order chi connectivity index (χ0) is 15.1. The summed E-state index contributed by atoms with van der Waals surface area (Å²) in [7, 11) is 0. The number of carbonyl (C=O) groups excluding carboxylic acids is 1. The third-order valence-electron chi connectivity index (χ3n) is 4.31. The number of amides is 1. The predicted octanol–water partition coefficient (Wildman–Crippen LogP) is 1.28. The Bertz CT molecular complexity index is 663. The standard InChI is InChI=1S/C14H14FN5OS/c15-11-1-16-14(17-2-11)20-5-9-3-19(4-10(9)6-20)13(21)12-7-22-8-18-12/h1-2,7-10H,3-6H2/t9-,10+. The quantitative estimate of drug-likeness (QED) is 0.834. The highest BCUT2D eigenvalue weighted by atomic mass is 32.1. The molecule has 0 spiro atoms. The number of hydrogen-bond acceptors (Lipinski definition) is 6. The molecule has 22 heavy (non-hydrogen) atoms. The summed E-state index contributed by atoms with van der Waals surface area (Å²) in [5.74, 6) is 0.976. The Kier molecular flexibility index (Phi) is 3.25. The van der Waals surface area contributed by atoms with Crippen LogP contribution in [0.5, 0.6) is 0 Å². The third-order valence-corrected chi connectivity index (χ3v) is 4.90. The van der Waals surface area contributed by atoms with E-state index in [1.165, 1.54) is 23.7 Å². The minimum absolute atomic E-state index is 0.0141. The van der Waals surface area contributed by atoms with E-state index >= 15 is 0 Å². The molecule has 0 aromatic carbocycles. The lowest BCUT2D eigenvalue weighted by atomic mass is 10.0. The van der Waals surface area contributed by atoms with Crippen molar-refractivity contribution in [3.8, 4) is 0 Å². The lowest BCUT2D eigenvalue weighted by Crippen LogP contribution is -2.33. The number of carbonyl (C=O) groups is 1. The van der Waals surface area contributed by atoms with Crippen molar-refractivity contribution in [2.24, 2.45) is 11.8 Å². The lowest BCUT2D eigenvalue weighted by molar-refractivity contribution is 0.0777. The van der Waals surface area contributed by atoms with Gasteiger partial charge in [-0.3, -0.25) is 4.79 Å². The van der Waals surface area contributed by atoms with Crippen LogP contribution in [0.15, 0.2) is 23.3 Å². The number of rotatable bonds is 2. The minimum Gasteiger partial charge on any atom is -0.340 e. The monoisotopic (exact) mass is 319 g/mol. The molecule has 6 nitrogen and oxygen atoms in total. The van der Waals surface area contributed by atoms with E-state index in [0.717, 1.165) is 26.2 Å². The van der Waals surface area contributed by atoms with Crippen molar-refractivity contribution in [2.45, 2.75) is 0 Å². The zero-order valence-electron chi connectivity index (χ0n) is 11.7. The van der Waals surface area contributed by atoms with Crippen LogP contribution in [0.2, 0.25) is 0 Å². The molecule has 4 heterocycles. The molecule has 0 radical (unpaired) electrons. The number of fused-ring (bicyclic) bond motifs is 1. The normalized spacial score (nSPS) is 23.9. The first-order valence-corrected chi connectivity index (χ1v) is 8.05. The average molecular weight is 319 g/mol. The maximum atomic E-state index is 12.9. The number of anilines is 1. The third kappa shape index (κ3) is 2.33. The van der Waals surface area contributed by atoms with Crippen LogP contribution in [0, 0.1) is 17.7 Å². The number of likely N-dealkylation sites (tertiary alicyclic amines) is 1. The smallest absolute Gasteiger partial charge is 0.273 e. The molecule has 8 heteroatoms. The molecule has 0 aliphatic carbocycles. The Labute approximate surface area is 130 Å². The Morgan fingerprint density at radius 3 is 2.41 bits per heavy atom. The Hall–Kier alpha value is -2.09. The summed E-state index contributed by atoms with van der Waals surface area (Å²) < 4.78 is 12.9. The van der Waals surface area contributed by atoms with Crippen LogP contribution in [0.3, 0.4) is 0 Å². The van der Waals surface area contributed by atoms with Gasteiger partial charge in [-0.2, -0.15) is 0 Å². The first-order chi connectivity index (χ1) is 10.7. The van der Waals surface area contributed by atoms with Crippen LogP contribution >= 0.6 is 11.3 Å². The topological polar surface area (TPSA) is 62.2 Å². The van der Waals surface area contributed by atoms with Gasteiger partial charge in [0.1, 0.15) is 5.69 Å². The number of halogens is 1. The lowest BCUT2D eigenvalue weighted by Gasteiger charge is -2.21. The minimum atomic E-state index is -0.428. The number of hydrogen-bond donors (Lipinski definition) is 0. The first kappa shape index (κ1) is 13.6. The Morgan fingerprint density at radius 2 is 1.82 bits per heavy atom. The predicted molar refractivity (Wildman–Crippen MR) is 79.2 cm³/mol. The molecule has 0 N–H and O–H groups in total. The molecule has 0 unspecified atom stereocenters. The van der Waals surface area contributed by atoms with Gasteiger partial charge in [0.25, 0.3) is 5.91 Å². The molecule has 2 aliphatic heterocycles. The highest BCUT2D eigenvalue weighted by Gasteiger charge is 2.42. The molecule has 0 saturated carbocycles. The van der Waals surface area contributed by atoms with E-state index in [2.05, 4.69) is 19.9 Å². The van der Waals surface area contributed by atoms with E-state index in [4.69, 9.17) is 0 Å². The van der Waals surface area contributed by atoms with Gasteiger partial charge in [-0.05, 0) is 0 Å². The highest BCUT2D eigenvalue weighted by Crippen LogP contribution is 2.33. The van der Waals surface area contributed by atoms with Crippen molar-refractivity contribution in [3.63, 3.8) is 0 Å². The largest absolute Gasteiger partial charge is 0.340 e. The second-order valence-corrected chi connectivity index (χ2v) is 6.43. The van der Waals surface area contributed by atoms with Crippen LogP contribution in [0.1, 0.15) is 10.5 Å². The van der Waals surface area contributed by atoms with Crippen molar-refractivity contribution in [2.75, 3.05) is 31.1 Å². The van der Waals surface area contributed by atoms with Crippen LogP contribution in [0.4, 0.5) is 10.3 Å². The number of nitrogens with zero attached hydrogens (tertiary/aromatic N) is 5. The molecular weight excluding hydrogens is 305 g/mol. The maximum Gasteiger partial charge on any atom is 0.273 e. The second-order valence-electron chi connectivity index (χ2n) is 5.71. The molecular formula is C14H14FN5OS. The summed E-state index contributed by atoms with van der Waals surface area (Å²) in [6, 6.07) is 0. The second kappa shape index (κ2) is 5.28. The number of thiazole rings is 1. The zero-order valence-corrected chi connectivity index (χ0v) is 12.5. The molecule has 4 rings (SSSR count). The van der Waals surface area contributed by atoms with Gasteiger partial charge in [-0.15, -0.1) is 11.3 Å². The van der Waals surface area contributed by atoms with Crippen molar-refractivity contribution >= 4 is 23.2 Å². The Morgan fingerprint density at radius 1 is 1.14 bits per heavy atom. The van der Waals surface area contributed by atoms with E-state index < -0.39 is 5.82 Å². The molecule has 2 aromatic rings. The fourth-order valence-corrected chi connectivity index (χ4v) is 3.80. The van der Waals surface area contributed by atoms with Gasteiger partial charge in [0.05, 0.1) is 17.9 Å². The fraction of sp³-hybridized carbons (Fsp3) is 0.429. The fourth-order valence-electron chi connectivity index (χ4n) is 3.27. The van der Waals surface area contributed by atoms with Gasteiger partial charge in [0.2, 0.25) is 5.95 Å². The van der Waals surface area contributed by atoms with Crippen molar-refractivity contribution in [3.05, 3.63) is 34.8 Å². The summed E-state index contributed by atoms with van der Waals surface area (Å²) in [5.41, 5.74) is 2.21. The van der Waals surface area contributed by atoms with E-state index in [9.17, 15) is 9.18 Å². The molecule has 2 atom stereocenters. The number of aromatic nitrogens is 3. The summed E-state index contributed by atoms with van der Waals surface area (Å²) >= 11 is 1.43. The highest BCUT2D eigenvalue weighted by molar-refractivity contribution is 7.07. The van der Waals surface area contributed by atoms with Gasteiger partial charge in [0, 0.05) is 43.4 Å². The summed E-state index contributed by atoms with van der Waals surface area (Å²) in [4.78, 5) is 28.4. The van der Waals surface area contributed by atoms with Gasteiger partial charge in [-0.1, -0.05) is 0 Å². The van der Waals surface area contributed by atoms with Gasteiger partial charge < -0.3 is 9.80 Å². The van der Waals surface area contributed by atoms with E-state index in [1.54, 1.807) is 10.9 Å². The molecule has 2 aliphatic rings. The van der Waals surface area contributed by atoms with E-state index in [0.29, 0.717) is 23.5 Å².